The van der Waals surface area contributed by atoms with E-state index < -0.39 is 11.6 Å². The van der Waals surface area contributed by atoms with Crippen molar-refractivity contribution in [3.63, 3.8) is 0 Å². The van der Waals surface area contributed by atoms with Gasteiger partial charge in [0.15, 0.2) is 17.6 Å². The summed E-state index contributed by atoms with van der Waals surface area (Å²) in [5.41, 5.74) is 10.2. The third-order valence-electron chi connectivity index (χ3n) is 1.16. The van der Waals surface area contributed by atoms with E-state index in [4.69, 9.17) is 11.5 Å². The maximum atomic E-state index is 12.5. The summed E-state index contributed by atoms with van der Waals surface area (Å²) in [7, 11) is 0. The molecule has 0 saturated carbocycles. The van der Waals surface area contributed by atoms with Gasteiger partial charge in [-0.3, -0.25) is 0 Å². The molecule has 0 bridgehead atoms. The average molecular weight is 171 g/mol. The summed E-state index contributed by atoms with van der Waals surface area (Å²) in [6.45, 7) is 0. The van der Waals surface area contributed by atoms with Gasteiger partial charge in [-0.1, -0.05) is 0 Å². The zero-order valence-electron chi connectivity index (χ0n) is 6.09. The number of guanidine groups is 1. The highest BCUT2D eigenvalue weighted by Crippen LogP contribution is 2.15. The van der Waals surface area contributed by atoms with Crippen LogP contribution in [-0.2, 0) is 0 Å². The fourth-order valence-corrected chi connectivity index (χ4v) is 0.704. The molecular formula is C7H7F2N3. The lowest BCUT2D eigenvalue weighted by molar-refractivity contribution is 0.509. The second kappa shape index (κ2) is 3.17. The van der Waals surface area contributed by atoms with E-state index in [9.17, 15) is 8.78 Å². The topological polar surface area (TPSA) is 64.4 Å². The Kier molecular flexibility index (Phi) is 2.23. The van der Waals surface area contributed by atoms with Gasteiger partial charge in [0.05, 0.1) is 5.69 Å². The van der Waals surface area contributed by atoms with Gasteiger partial charge in [-0.15, -0.1) is 0 Å². The summed E-state index contributed by atoms with van der Waals surface area (Å²) in [6.07, 6.45) is 0. The monoisotopic (exact) mass is 171 g/mol. The summed E-state index contributed by atoms with van der Waals surface area (Å²) >= 11 is 0. The number of benzene rings is 1. The maximum Gasteiger partial charge on any atom is 0.191 e. The van der Waals surface area contributed by atoms with Crippen LogP contribution in [0.15, 0.2) is 23.2 Å². The van der Waals surface area contributed by atoms with E-state index in [0.29, 0.717) is 0 Å². The van der Waals surface area contributed by atoms with Gasteiger partial charge in [0.25, 0.3) is 0 Å². The molecule has 0 aliphatic heterocycles. The Labute approximate surface area is 67.7 Å². The lowest BCUT2D eigenvalue weighted by Gasteiger charge is -1.95. The lowest BCUT2D eigenvalue weighted by atomic mass is 10.3. The van der Waals surface area contributed by atoms with Crippen molar-refractivity contribution < 1.29 is 8.78 Å². The van der Waals surface area contributed by atoms with Crippen molar-refractivity contribution in [1.29, 1.82) is 0 Å². The molecule has 1 aromatic rings. The zero-order chi connectivity index (χ0) is 9.14. The van der Waals surface area contributed by atoms with Gasteiger partial charge in [0.1, 0.15) is 0 Å². The second-order valence-electron chi connectivity index (χ2n) is 2.14. The molecule has 1 rings (SSSR count). The van der Waals surface area contributed by atoms with E-state index in [-0.39, 0.29) is 11.6 Å². The highest BCUT2D eigenvalue weighted by molar-refractivity contribution is 5.78. The normalized spacial score (nSPS) is 9.50. The fourth-order valence-electron chi connectivity index (χ4n) is 0.704. The minimum absolute atomic E-state index is 0.189. The minimum Gasteiger partial charge on any atom is -0.370 e. The molecule has 0 fully saturated rings. The summed E-state index contributed by atoms with van der Waals surface area (Å²) in [5, 5.41) is 0. The minimum atomic E-state index is -0.975. The zero-order valence-corrected chi connectivity index (χ0v) is 6.09. The smallest absolute Gasteiger partial charge is 0.191 e. The Morgan fingerprint density at radius 1 is 1.17 bits per heavy atom. The Balaban J connectivity index is 3.05. The van der Waals surface area contributed by atoms with Crippen LogP contribution in [0.4, 0.5) is 14.5 Å². The summed E-state index contributed by atoms with van der Waals surface area (Å²) in [4.78, 5) is 3.53. The molecule has 0 spiro atoms. The SMILES string of the molecule is NC(N)=Nc1ccc(F)c(F)c1. The van der Waals surface area contributed by atoms with Crippen LogP contribution >= 0.6 is 0 Å². The number of nitrogens with zero attached hydrogens (tertiary/aromatic N) is 1. The Morgan fingerprint density at radius 3 is 2.33 bits per heavy atom. The molecule has 5 heteroatoms. The Bertz CT molecular complexity index is 318. The number of rotatable bonds is 1. The van der Waals surface area contributed by atoms with Crippen molar-refractivity contribution in [2.75, 3.05) is 0 Å². The number of aliphatic imine (C=N–C) groups is 1. The van der Waals surface area contributed by atoms with Crippen LogP contribution in [0.5, 0.6) is 0 Å². The molecule has 12 heavy (non-hydrogen) atoms. The van der Waals surface area contributed by atoms with Crippen LogP contribution < -0.4 is 11.5 Å². The molecule has 0 saturated heterocycles. The van der Waals surface area contributed by atoms with E-state index in [1.54, 1.807) is 0 Å². The molecule has 0 unspecified atom stereocenters. The molecule has 4 N–H and O–H groups in total. The molecule has 0 aromatic heterocycles. The van der Waals surface area contributed by atoms with Gasteiger partial charge in [0, 0.05) is 6.07 Å². The molecule has 0 aliphatic rings. The molecule has 64 valence electrons. The Morgan fingerprint density at radius 2 is 1.83 bits per heavy atom. The van der Waals surface area contributed by atoms with Gasteiger partial charge in [-0.2, -0.15) is 0 Å². The van der Waals surface area contributed by atoms with Crippen LogP contribution in [0, 0.1) is 11.6 Å². The molecule has 0 amide bonds. The van der Waals surface area contributed by atoms with Crippen molar-refractivity contribution in [3.05, 3.63) is 29.8 Å². The first-order valence-electron chi connectivity index (χ1n) is 3.14. The standard InChI is InChI=1S/C7H7F2N3/c8-5-2-1-4(3-6(5)9)12-7(10)11/h1-3H,(H4,10,11,12). The number of hydrogen-bond acceptors (Lipinski definition) is 1. The van der Waals surface area contributed by atoms with Crippen molar-refractivity contribution in [2.45, 2.75) is 0 Å². The van der Waals surface area contributed by atoms with Crippen LogP contribution in [0.2, 0.25) is 0 Å². The van der Waals surface area contributed by atoms with E-state index in [1.807, 2.05) is 0 Å². The van der Waals surface area contributed by atoms with Crippen LogP contribution in [-0.4, -0.2) is 5.96 Å². The molecule has 1 aromatic carbocycles. The summed E-state index contributed by atoms with van der Waals surface area (Å²) < 4.78 is 24.9. The van der Waals surface area contributed by atoms with E-state index in [1.165, 1.54) is 6.07 Å². The van der Waals surface area contributed by atoms with Gasteiger partial charge < -0.3 is 11.5 Å². The van der Waals surface area contributed by atoms with E-state index >= 15 is 0 Å². The first kappa shape index (κ1) is 8.45. The molecule has 0 radical (unpaired) electrons. The summed E-state index contributed by atoms with van der Waals surface area (Å²) in [5.74, 6) is -2.09. The molecule has 0 aliphatic carbocycles. The van der Waals surface area contributed by atoms with Crippen LogP contribution in [0.25, 0.3) is 0 Å². The number of nitrogens with two attached hydrogens (primary N) is 2. The largest absolute Gasteiger partial charge is 0.370 e. The average Bonchev–Trinajstić information content (AvgIpc) is 1.96. The quantitative estimate of drug-likeness (QED) is 0.486. The third kappa shape index (κ3) is 1.91. The van der Waals surface area contributed by atoms with Gasteiger partial charge in [-0.25, -0.2) is 13.8 Å². The number of halogens is 2. The van der Waals surface area contributed by atoms with Crippen molar-refractivity contribution in [2.24, 2.45) is 16.5 Å². The predicted molar refractivity (Wildman–Crippen MR) is 41.8 cm³/mol. The molecule has 0 heterocycles. The predicted octanol–water partition coefficient (Wildman–Crippen LogP) is 0.870. The molecular weight excluding hydrogens is 164 g/mol. The number of hydrogen-bond donors (Lipinski definition) is 2. The highest BCUT2D eigenvalue weighted by atomic mass is 19.2. The molecule has 0 atom stereocenters. The fraction of sp³-hybridized carbons (Fsp3) is 0. The summed E-state index contributed by atoms with van der Waals surface area (Å²) in [6, 6.07) is 3.14. The van der Waals surface area contributed by atoms with Crippen molar-refractivity contribution in [3.8, 4) is 0 Å². The Hall–Kier alpha value is -1.65. The van der Waals surface area contributed by atoms with Crippen molar-refractivity contribution >= 4 is 11.6 Å². The van der Waals surface area contributed by atoms with Crippen molar-refractivity contribution in [1.82, 2.24) is 0 Å². The lowest BCUT2D eigenvalue weighted by Crippen LogP contribution is -2.21. The van der Waals surface area contributed by atoms with Gasteiger partial charge >= 0.3 is 0 Å². The second-order valence-corrected chi connectivity index (χ2v) is 2.14. The van der Waals surface area contributed by atoms with E-state index in [2.05, 4.69) is 4.99 Å². The highest BCUT2D eigenvalue weighted by Gasteiger charge is 2.00. The first-order chi connectivity index (χ1) is 5.59. The maximum absolute atomic E-state index is 12.5. The first-order valence-corrected chi connectivity index (χ1v) is 3.14. The van der Waals surface area contributed by atoms with Crippen LogP contribution in [0.1, 0.15) is 0 Å². The van der Waals surface area contributed by atoms with E-state index in [0.717, 1.165) is 12.1 Å². The third-order valence-corrected chi connectivity index (χ3v) is 1.16. The molecule has 3 nitrogen and oxygen atoms in total. The van der Waals surface area contributed by atoms with Crippen LogP contribution in [0.3, 0.4) is 0 Å². The van der Waals surface area contributed by atoms with Gasteiger partial charge in [0.2, 0.25) is 0 Å². The van der Waals surface area contributed by atoms with Gasteiger partial charge in [-0.05, 0) is 12.1 Å².